The van der Waals surface area contributed by atoms with E-state index < -0.39 is 0 Å². The van der Waals surface area contributed by atoms with Crippen LogP contribution in [0.2, 0.25) is 0 Å². The summed E-state index contributed by atoms with van der Waals surface area (Å²) in [5, 5.41) is 6.01. The second kappa shape index (κ2) is 6.15. The van der Waals surface area contributed by atoms with Gasteiger partial charge in [-0.3, -0.25) is 0 Å². The van der Waals surface area contributed by atoms with E-state index in [1.54, 1.807) is 6.26 Å². The quantitative estimate of drug-likeness (QED) is 0.744. The Morgan fingerprint density at radius 1 is 1.05 bits per heavy atom. The Morgan fingerprint density at radius 3 is 2.62 bits per heavy atom. The second-order valence-electron chi connectivity index (χ2n) is 5.38. The Hall–Kier alpha value is -2.06. The molecule has 1 atom stereocenters. The zero-order valence-corrected chi connectivity index (χ0v) is 12.6. The molecule has 0 amide bonds. The highest BCUT2D eigenvalue weighted by atomic mass is 16.3. The van der Waals surface area contributed by atoms with Gasteiger partial charge in [0.1, 0.15) is 5.76 Å². The highest BCUT2D eigenvalue weighted by molar-refractivity contribution is 5.83. The van der Waals surface area contributed by atoms with Gasteiger partial charge < -0.3 is 9.73 Å². The summed E-state index contributed by atoms with van der Waals surface area (Å²) >= 11 is 0. The predicted molar refractivity (Wildman–Crippen MR) is 87.5 cm³/mol. The summed E-state index contributed by atoms with van der Waals surface area (Å²) in [6, 6.07) is 17.6. The van der Waals surface area contributed by atoms with Gasteiger partial charge in [0.15, 0.2) is 0 Å². The lowest BCUT2D eigenvalue weighted by Gasteiger charge is -2.16. The number of nitrogens with one attached hydrogen (secondary N) is 1. The number of aryl methyl sites for hydroxylation is 1. The maximum absolute atomic E-state index is 5.56. The molecule has 1 N–H and O–H groups in total. The zero-order chi connectivity index (χ0) is 14.7. The normalized spacial score (nSPS) is 12.7. The largest absolute Gasteiger partial charge is 0.469 e. The molecule has 0 saturated carbocycles. The summed E-state index contributed by atoms with van der Waals surface area (Å²) in [6.07, 6.45) is 3.69. The van der Waals surface area contributed by atoms with Crippen molar-refractivity contribution >= 4 is 10.8 Å². The third kappa shape index (κ3) is 2.86. The average Bonchev–Trinajstić information content (AvgIpc) is 3.01. The van der Waals surface area contributed by atoms with Gasteiger partial charge in [-0.1, -0.05) is 49.4 Å². The maximum atomic E-state index is 5.56. The minimum absolute atomic E-state index is 0.292. The molecule has 0 saturated heterocycles. The molecule has 21 heavy (non-hydrogen) atoms. The van der Waals surface area contributed by atoms with E-state index in [9.17, 15) is 0 Å². The summed E-state index contributed by atoms with van der Waals surface area (Å²) in [5.41, 5.74) is 2.62. The van der Waals surface area contributed by atoms with Crippen LogP contribution < -0.4 is 5.32 Å². The van der Waals surface area contributed by atoms with Crippen LogP contribution in [0.1, 0.15) is 29.9 Å². The van der Waals surface area contributed by atoms with Crippen LogP contribution in [0, 0.1) is 0 Å². The van der Waals surface area contributed by atoms with Gasteiger partial charge >= 0.3 is 0 Å². The van der Waals surface area contributed by atoms with Gasteiger partial charge in [0.05, 0.1) is 6.26 Å². The number of fused-ring (bicyclic) bond motifs is 1. The summed E-state index contributed by atoms with van der Waals surface area (Å²) in [6.45, 7) is 2.13. The SMILES string of the molecule is CCc1occc1C(Cc1ccc2ccccc2c1)NC. The summed E-state index contributed by atoms with van der Waals surface area (Å²) in [7, 11) is 2.01. The topological polar surface area (TPSA) is 25.2 Å². The van der Waals surface area contributed by atoms with Crippen molar-refractivity contribution in [2.45, 2.75) is 25.8 Å². The van der Waals surface area contributed by atoms with E-state index in [1.165, 1.54) is 21.9 Å². The molecule has 2 heteroatoms. The van der Waals surface area contributed by atoms with E-state index in [0.29, 0.717) is 6.04 Å². The third-order valence-corrected chi connectivity index (χ3v) is 4.08. The molecule has 2 aromatic carbocycles. The van der Waals surface area contributed by atoms with Crippen molar-refractivity contribution in [2.75, 3.05) is 7.05 Å². The number of hydrogen-bond donors (Lipinski definition) is 1. The van der Waals surface area contributed by atoms with E-state index >= 15 is 0 Å². The van der Waals surface area contributed by atoms with Gasteiger partial charge in [-0.15, -0.1) is 0 Å². The van der Waals surface area contributed by atoms with Gasteiger partial charge in [0.25, 0.3) is 0 Å². The molecule has 0 spiro atoms. The highest BCUT2D eigenvalue weighted by Gasteiger charge is 2.16. The van der Waals surface area contributed by atoms with E-state index in [0.717, 1.165) is 18.6 Å². The minimum Gasteiger partial charge on any atom is -0.469 e. The number of furan rings is 1. The number of hydrogen-bond acceptors (Lipinski definition) is 2. The monoisotopic (exact) mass is 279 g/mol. The lowest BCUT2D eigenvalue weighted by molar-refractivity contribution is 0.495. The van der Waals surface area contributed by atoms with Crippen molar-refractivity contribution < 1.29 is 4.42 Å². The van der Waals surface area contributed by atoms with Gasteiger partial charge in [-0.05, 0) is 35.9 Å². The maximum Gasteiger partial charge on any atom is 0.108 e. The van der Waals surface area contributed by atoms with Crippen molar-refractivity contribution in [3.05, 3.63) is 71.7 Å². The minimum atomic E-state index is 0.292. The first-order valence-electron chi connectivity index (χ1n) is 7.53. The molecule has 3 rings (SSSR count). The number of benzene rings is 2. The molecule has 0 fully saturated rings. The predicted octanol–water partition coefficient (Wildman–Crippen LogP) is 4.50. The first kappa shape index (κ1) is 13.9. The molecule has 1 heterocycles. The molecule has 0 aliphatic heterocycles. The molecular weight excluding hydrogens is 258 g/mol. The van der Waals surface area contributed by atoms with Crippen molar-refractivity contribution in [3.63, 3.8) is 0 Å². The lowest BCUT2D eigenvalue weighted by Crippen LogP contribution is -2.19. The van der Waals surface area contributed by atoms with Gasteiger partial charge in [-0.25, -0.2) is 0 Å². The van der Waals surface area contributed by atoms with E-state index in [4.69, 9.17) is 4.42 Å². The van der Waals surface area contributed by atoms with Crippen LogP contribution in [-0.2, 0) is 12.8 Å². The van der Waals surface area contributed by atoms with Gasteiger partial charge in [0.2, 0.25) is 0 Å². The molecule has 1 aromatic heterocycles. The summed E-state index contributed by atoms with van der Waals surface area (Å²) in [5.74, 6) is 1.08. The van der Waals surface area contributed by atoms with Crippen molar-refractivity contribution in [1.29, 1.82) is 0 Å². The molecule has 0 radical (unpaired) electrons. The third-order valence-electron chi connectivity index (χ3n) is 4.08. The zero-order valence-electron chi connectivity index (χ0n) is 12.6. The van der Waals surface area contributed by atoms with Crippen LogP contribution in [0.5, 0.6) is 0 Å². The summed E-state index contributed by atoms with van der Waals surface area (Å²) in [4.78, 5) is 0. The van der Waals surface area contributed by atoms with Crippen molar-refractivity contribution in [3.8, 4) is 0 Å². The first-order chi connectivity index (χ1) is 10.3. The standard InChI is InChI=1S/C19H21NO/c1-3-19-17(10-11-21-19)18(20-2)13-14-8-9-15-6-4-5-7-16(15)12-14/h4-12,18,20H,3,13H2,1-2H3. The molecule has 2 nitrogen and oxygen atoms in total. The van der Waals surface area contributed by atoms with Crippen LogP contribution in [0.15, 0.2) is 59.2 Å². The van der Waals surface area contributed by atoms with E-state index in [2.05, 4.69) is 60.8 Å². The Kier molecular flexibility index (Phi) is 4.07. The average molecular weight is 279 g/mol. The Labute approximate surface area is 125 Å². The van der Waals surface area contributed by atoms with Crippen LogP contribution in [0.25, 0.3) is 10.8 Å². The second-order valence-corrected chi connectivity index (χ2v) is 5.38. The molecule has 0 aliphatic rings. The van der Waals surface area contributed by atoms with E-state index in [1.807, 2.05) is 7.05 Å². The smallest absolute Gasteiger partial charge is 0.108 e. The lowest BCUT2D eigenvalue weighted by atomic mass is 9.97. The Morgan fingerprint density at radius 2 is 1.86 bits per heavy atom. The molecular formula is C19H21NO. The van der Waals surface area contributed by atoms with Crippen molar-refractivity contribution in [2.24, 2.45) is 0 Å². The number of rotatable bonds is 5. The fourth-order valence-corrected chi connectivity index (χ4v) is 2.92. The fourth-order valence-electron chi connectivity index (χ4n) is 2.92. The highest BCUT2D eigenvalue weighted by Crippen LogP contribution is 2.25. The van der Waals surface area contributed by atoms with Crippen molar-refractivity contribution in [1.82, 2.24) is 5.32 Å². The Balaban J connectivity index is 1.88. The number of likely N-dealkylation sites (N-methyl/N-ethyl adjacent to an activating group) is 1. The molecule has 3 aromatic rings. The van der Waals surface area contributed by atoms with E-state index in [-0.39, 0.29) is 0 Å². The van der Waals surface area contributed by atoms with Crippen LogP contribution in [0.4, 0.5) is 0 Å². The summed E-state index contributed by atoms with van der Waals surface area (Å²) < 4.78 is 5.56. The van der Waals surface area contributed by atoms with Crippen LogP contribution in [-0.4, -0.2) is 7.05 Å². The molecule has 1 unspecified atom stereocenters. The van der Waals surface area contributed by atoms with Gasteiger partial charge in [0, 0.05) is 18.0 Å². The van der Waals surface area contributed by atoms with Crippen LogP contribution in [0.3, 0.4) is 0 Å². The molecule has 0 aliphatic carbocycles. The molecule has 108 valence electrons. The molecule has 0 bridgehead atoms. The van der Waals surface area contributed by atoms with Crippen LogP contribution >= 0.6 is 0 Å². The Bertz CT molecular complexity index is 729. The first-order valence-corrected chi connectivity index (χ1v) is 7.53. The fraction of sp³-hybridized carbons (Fsp3) is 0.263. The van der Waals surface area contributed by atoms with Gasteiger partial charge in [-0.2, -0.15) is 0 Å².